The molecule has 0 unspecified atom stereocenters. The zero-order valence-corrected chi connectivity index (χ0v) is 11.5. The Morgan fingerprint density at radius 1 is 1.50 bits per heavy atom. The first-order valence-corrected chi connectivity index (χ1v) is 5.33. The van der Waals surface area contributed by atoms with Gasteiger partial charge in [0.1, 0.15) is 0 Å². The van der Waals surface area contributed by atoms with E-state index in [0.717, 1.165) is 26.2 Å². The molecule has 0 amide bonds. The van der Waals surface area contributed by atoms with Gasteiger partial charge in [-0.2, -0.15) is 0 Å². The van der Waals surface area contributed by atoms with E-state index < -0.39 is 0 Å². The van der Waals surface area contributed by atoms with Gasteiger partial charge >= 0.3 is 5.97 Å². The van der Waals surface area contributed by atoms with Crippen LogP contribution in [0.5, 0.6) is 0 Å². The second-order valence-corrected chi connectivity index (χ2v) is 3.71. The third-order valence-corrected chi connectivity index (χ3v) is 2.39. The molecule has 1 rings (SSSR count). The topological polar surface area (TPSA) is 41.6 Å². The lowest BCUT2D eigenvalue weighted by atomic mass is 10.2. The zero-order valence-electron chi connectivity index (χ0n) is 9.90. The number of piperazine rings is 1. The quantitative estimate of drug-likeness (QED) is 0.778. The number of rotatable bonds is 4. The van der Waals surface area contributed by atoms with Crippen molar-refractivity contribution in [2.75, 3.05) is 32.8 Å². The van der Waals surface area contributed by atoms with Crippen molar-refractivity contribution >= 4 is 30.8 Å². The molecule has 1 aliphatic heterocycles. The predicted octanol–water partition coefficient (Wildman–Crippen LogP) is 1.08. The molecular formula is C10H22Cl2N2O2. The van der Waals surface area contributed by atoms with Crippen molar-refractivity contribution in [3.63, 3.8) is 0 Å². The molecule has 1 saturated heterocycles. The summed E-state index contributed by atoms with van der Waals surface area (Å²) in [4.78, 5) is 13.4. The van der Waals surface area contributed by atoms with E-state index in [4.69, 9.17) is 4.74 Å². The molecule has 6 heteroatoms. The van der Waals surface area contributed by atoms with E-state index in [-0.39, 0.29) is 30.8 Å². The molecule has 16 heavy (non-hydrogen) atoms. The Bertz CT molecular complexity index is 194. The summed E-state index contributed by atoms with van der Waals surface area (Å²) in [5.41, 5.74) is 0. The van der Waals surface area contributed by atoms with Crippen LogP contribution in [-0.4, -0.2) is 49.7 Å². The highest BCUT2D eigenvalue weighted by Crippen LogP contribution is 2.00. The Kier molecular flexibility index (Phi) is 11.6. The monoisotopic (exact) mass is 272 g/mol. The molecule has 1 atom stereocenters. The smallest absolute Gasteiger partial charge is 0.307 e. The molecule has 0 bridgehead atoms. The van der Waals surface area contributed by atoms with Crippen LogP contribution in [0.3, 0.4) is 0 Å². The Morgan fingerprint density at radius 2 is 2.19 bits per heavy atom. The summed E-state index contributed by atoms with van der Waals surface area (Å²) in [6, 6.07) is 0.533. The molecular weight excluding hydrogens is 251 g/mol. The SMILES string of the molecule is CCOC(=O)CCN1CCN[C@H](C)C1.Cl.Cl. The van der Waals surface area contributed by atoms with Crippen molar-refractivity contribution in [2.45, 2.75) is 26.3 Å². The standard InChI is InChI=1S/C10H20N2O2.2ClH/c1-3-14-10(13)4-6-12-7-5-11-9(2)8-12;;/h9,11H,3-8H2,1-2H3;2*1H/t9-;;/m1../s1. The summed E-state index contributed by atoms with van der Waals surface area (Å²) >= 11 is 0. The molecule has 0 aromatic rings. The van der Waals surface area contributed by atoms with Crippen LogP contribution in [0.2, 0.25) is 0 Å². The number of nitrogens with one attached hydrogen (secondary N) is 1. The fourth-order valence-corrected chi connectivity index (χ4v) is 1.70. The van der Waals surface area contributed by atoms with Gasteiger partial charge in [0, 0.05) is 32.2 Å². The summed E-state index contributed by atoms with van der Waals surface area (Å²) < 4.78 is 4.88. The Morgan fingerprint density at radius 3 is 2.75 bits per heavy atom. The normalized spacial score (nSPS) is 20.5. The second kappa shape index (κ2) is 10.1. The van der Waals surface area contributed by atoms with Crippen LogP contribution in [0, 0.1) is 0 Å². The molecule has 0 saturated carbocycles. The minimum atomic E-state index is -0.0846. The van der Waals surface area contributed by atoms with Gasteiger partial charge in [-0.15, -0.1) is 24.8 Å². The van der Waals surface area contributed by atoms with E-state index in [2.05, 4.69) is 17.1 Å². The Hall–Kier alpha value is -0.0300. The number of ether oxygens (including phenoxy) is 1. The molecule has 1 heterocycles. The minimum absolute atomic E-state index is 0. The highest BCUT2D eigenvalue weighted by Gasteiger charge is 2.16. The molecule has 1 N–H and O–H groups in total. The van der Waals surface area contributed by atoms with Crippen molar-refractivity contribution in [1.82, 2.24) is 10.2 Å². The molecule has 98 valence electrons. The minimum Gasteiger partial charge on any atom is -0.466 e. The van der Waals surface area contributed by atoms with Crippen molar-refractivity contribution < 1.29 is 9.53 Å². The van der Waals surface area contributed by atoms with Gasteiger partial charge in [0.15, 0.2) is 0 Å². The number of hydrogen-bond acceptors (Lipinski definition) is 4. The van der Waals surface area contributed by atoms with Crippen LogP contribution >= 0.6 is 24.8 Å². The van der Waals surface area contributed by atoms with Crippen LogP contribution in [-0.2, 0) is 9.53 Å². The van der Waals surface area contributed by atoms with Crippen LogP contribution in [0.25, 0.3) is 0 Å². The van der Waals surface area contributed by atoms with Gasteiger partial charge in [0.25, 0.3) is 0 Å². The van der Waals surface area contributed by atoms with Crippen molar-refractivity contribution in [3.05, 3.63) is 0 Å². The van der Waals surface area contributed by atoms with Crippen molar-refractivity contribution in [2.24, 2.45) is 0 Å². The summed E-state index contributed by atoms with van der Waals surface area (Å²) in [5.74, 6) is -0.0846. The van der Waals surface area contributed by atoms with Gasteiger partial charge in [-0.3, -0.25) is 9.69 Å². The average molecular weight is 273 g/mol. The van der Waals surface area contributed by atoms with E-state index >= 15 is 0 Å². The average Bonchev–Trinajstić information content (AvgIpc) is 2.15. The molecule has 0 aliphatic carbocycles. The largest absolute Gasteiger partial charge is 0.466 e. The molecule has 0 aromatic heterocycles. The summed E-state index contributed by atoms with van der Waals surface area (Å²) in [6.45, 7) is 8.39. The van der Waals surface area contributed by atoms with E-state index in [1.165, 1.54) is 0 Å². The number of carbonyl (C=O) groups excluding carboxylic acids is 1. The van der Waals surface area contributed by atoms with Crippen LogP contribution in [0.1, 0.15) is 20.3 Å². The Labute approximate surface area is 110 Å². The number of nitrogens with zero attached hydrogens (tertiary/aromatic N) is 1. The lowest BCUT2D eigenvalue weighted by Gasteiger charge is -2.31. The van der Waals surface area contributed by atoms with Gasteiger partial charge in [-0.05, 0) is 13.8 Å². The van der Waals surface area contributed by atoms with E-state index in [0.29, 0.717) is 19.1 Å². The van der Waals surface area contributed by atoms with Crippen molar-refractivity contribution in [1.29, 1.82) is 0 Å². The summed E-state index contributed by atoms with van der Waals surface area (Å²) in [6.07, 6.45) is 0.514. The second-order valence-electron chi connectivity index (χ2n) is 3.71. The summed E-state index contributed by atoms with van der Waals surface area (Å²) in [7, 11) is 0. The number of esters is 1. The predicted molar refractivity (Wildman–Crippen MR) is 69.7 cm³/mol. The van der Waals surface area contributed by atoms with E-state index in [1.54, 1.807) is 0 Å². The molecule has 4 nitrogen and oxygen atoms in total. The molecule has 0 radical (unpaired) electrons. The third kappa shape index (κ3) is 7.28. The maximum atomic E-state index is 11.1. The summed E-state index contributed by atoms with van der Waals surface area (Å²) in [5, 5.41) is 3.37. The van der Waals surface area contributed by atoms with Crippen LogP contribution < -0.4 is 5.32 Å². The highest BCUT2D eigenvalue weighted by atomic mass is 35.5. The molecule has 1 aliphatic rings. The van der Waals surface area contributed by atoms with Gasteiger partial charge in [0.2, 0.25) is 0 Å². The van der Waals surface area contributed by atoms with Crippen molar-refractivity contribution in [3.8, 4) is 0 Å². The number of halogens is 2. The van der Waals surface area contributed by atoms with Gasteiger partial charge in [-0.1, -0.05) is 0 Å². The molecule has 1 fully saturated rings. The maximum absolute atomic E-state index is 11.1. The lowest BCUT2D eigenvalue weighted by Crippen LogP contribution is -2.49. The van der Waals surface area contributed by atoms with E-state index in [1.807, 2.05) is 6.92 Å². The third-order valence-electron chi connectivity index (χ3n) is 2.39. The lowest BCUT2D eigenvalue weighted by molar-refractivity contribution is -0.143. The first-order valence-electron chi connectivity index (χ1n) is 5.33. The first kappa shape index (κ1) is 18.3. The Balaban J connectivity index is 0. The van der Waals surface area contributed by atoms with Gasteiger partial charge in [-0.25, -0.2) is 0 Å². The van der Waals surface area contributed by atoms with Crippen LogP contribution in [0.15, 0.2) is 0 Å². The molecule has 0 aromatic carbocycles. The number of hydrogen-bond donors (Lipinski definition) is 1. The maximum Gasteiger partial charge on any atom is 0.307 e. The van der Waals surface area contributed by atoms with Crippen LogP contribution in [0.4, 0.5) is 0 Å². The van der Waals surface area contributed by atoms with Gasteiger partial charge < -0.3 is 10.1 Å². The first-order chi connectivity index (χ1) is 6.72. The van der Waals surface area contributed by atoms with E-state index in [9.17, 15) is 4.79 Å². The zero-order chi connectivity index (χ0) is 10.4. The molecule has 0 spiro atoms. The number of carbonyl (C=O) groups is 1. The highest BCUT2D eigenvalue weighted by molar-refractivity contribution is 5.85. The van der Waals surface area contributed by atoms with Gasteiger partial charge in [0.05, 0.1) is 13.0 Å². The fourth-order valence-electron chi connectivity index (χ4n) is 1.70. The fraction of sp³-hybridized carbons (Fsp3) is 0.900.